The number of halogens is 1. The van der Waals surface area contributed by atoms with Gasteiger partial charge in [-0.3, -0.25) is 4.79 Å². The molecule has 1 amide bonds. The van der Waals surface area contributed by atoms with Crippen LogP contribution >= 0.6 is 11.6 Å². The molecule has 0 spiro atoms. The molecule has 7 heteroatoms. The van der Waals surface area contributed by atoms with E-state index in [1.807, 2.05) is 24.3 Å². The molecule has 1 saturated heterocycles. The SMILES string of the molecule is COc1cccc(N2CCN(C(=O)c3nc(C)ncc3Cl)CC2)c1. The van der Waals surface area contributed by atoms with Crippen molar-refractivity contribution in [3.8, 4) is 5.75 Å². The lowest BCUT2D eigenvalue weighted by Crippen LogP contribution is -2.49. The van der Waals surface area contributed by atoms with Crippen molar-refractivity contribution in [1.82, 2.24) is 14.9 Å². The number of methoxy groups -OCH3 is 1. The topological polar surface area (TPSA) is 58.6 Å². The van der Waals surface area contributed by atoms with E-state index in [0.717, 1.165) is 24.5 Å². The van der Waals surface area contributed by atoms with E-state index in [4.69, 9.17) is 16.3 Å². The van der Waals surface area contributed by atoms with E-state index < -0.39 is 0 Å². The van der Waals surface area contributed by atoms with E-state index in [1.165, 1.54) is 6.20 Å². The van der Waals surface area contributed by atoms with Crippen molar-refractivity contribution in [2.75, 3.05) is 38.2 Å². The number of aromatic nitrogens is 2. The van der Waals surface area contributed by atoms with Gasteiger partial charge in [0.1, 0.15) is 11.6 Å². The lowest BCUT2D eigenvalue weighted by Gasteiger charge is -2.36. The van der Waals surface area contributed by atoms with Crippen LogP contribution in [0.15, 0.2) is 30.5 Å². The van der Waals surface area contributed by atoms with Gasteiger partial charge in [0.2, 0.25) is 0 Å². The molecule has 1 aromatic carbocycles. The zero-order valence-electron chi connectivity index (χ0n) is 13.7. The van der Waals surface area contributed by atoms with Crippen molar-refractivity contribution in [2.45, 2.75) is 6.92 Å². The monoisotopic (exact) mass is 346 g/mol. The summed E-state index contributed by atoms with van der Waals surface area (Å²) in [7, 11) is 1.66. The Balaban J connectivity index is 1.68. The average molecular weight is 347 g/mol. The number of rotatable bonds is 3. The van der Waals surface area contributed by atoms with E-state index in [2.05, 4.69) is 14.9 Å². The van der Waals surface area contributed by atoms with Crippen molar-refractivity contribution >= 4 is 23.2 Å². The molecule has 2 heterocycles. The fourth-order valence-electron chi connectivity index (χ4n) is 2.73. The lowest BCUT2D eigenvalue weighted by atomic mass is 10.2. The van der Waals surface area contributed by atoms with Crippen LogP contribution in [0.1, 0.15) is 16.3 Å². The Labute approximate surface area is 146 Å². The molecule has 0 N–H and O–H groups in total. The highest BCUT2D eigenvalue weighted by atomic mass is 35.5. The number of anilines is 1. The first-order chi connectivity index (χ1) is 11.6. The third kappa shape index (κ3) is 3.43. The summed E-state index contributed by atoms with van der Waals surface area (Å²) in [5.74, 6) is 1.22. The highest BCUT2D eigenvalue weighted by Gasteiger charge is 2.25. The molecule has 1 aliphatic rings. The number of piperazine rings is 1. The Bertz CT molecular complexity index is 745. The smallest absolute Gasteiger partial charge is 0.274 e. The fourth-order valence-corrected chi connectivity index (χ4v) is 2.90. The van der Waals surface area contributed by atoms with E-state index in [-0.39, 0.29) is 11.6 Å². The quantitative estimate of drug-likeness (QED) is 0.854. The Morgan fingerprint density at radius 2 is 2.00 bits per heavy atom. The molecular weight excluding hydrogens is 328 g/mol. The molecular formula is C17H19ClN4O2. The van der Waals surface area contributed by atoms with E-state index in [1.54, 1.807) is 18.9 Å². The van der Waals surface area contributed by atoms with Crippen LogP contribution in [0.2, 0.25) is 5.02 Å². The average Bonchev–Trinajstić information content (AvgIpc) is 2.63. The van der Waals surface area contributed by atoms with Gasteiger partial charge in [0, 0.05) is 37.9 Å². The molecule has 3 rings (SSSR count). The molecule has 0 atom stereocenters. The number of carbonyl (C=O) groups is 1. The van der Waals surface area contributed by atoms with Gasteiger partial charge in [-0.2, -0.15) is 0 Å². The third-order valence-electron chi connectivity index (χ3n) is 4.05. The van der Waals surface area contributed by atoms with Gasteiger partial charge in [0.15, 0.2) is 5.69 Å². The van der Waals surface area contributed by atoms with Crippen LogP contribution in [-0.2, 0) is 0 Å². The standard InChI is InChI=1S/C17H19ClN4O2/c1-12-19-11-15(18)16(20-12)17(23)22-8-6-21(7-9-22)13-4-3-5-14(10-13)24-2/h3-5,10-11H,6-9H2,1-2H3. The second-order valence-electron chi connectivity index (χ2n) is 5.59. The van der Waals surface area contributed by atoms with Gasteiger partial charge in [0.25, 0.3) is 5.91 Å². The number of hydrogen-bond donors (Lipinski definition) is 0. The van der Waals surface area contributed by atoms with E-state index in [0.29, 0.717) is 23.9 Å². The summed E-state index contributed by atoms with van der Waals surface area (Å²) in [4.78, 5) is 24.8. The number of carbonyl (C=O) groups excluding carboxylic acids is 1. The number of nitrogens with zero attached hydrogens (tertiary/aromatic N) is 4. The Morgan fingerprint density at radius 3 is 2.71 bits per heavy atom. The van der Waals surface area contributed by atoms with E-state index in [9.17, 15) is 4.79 Å². The highest BCUT2D eigenvalue weighted by molar-refractivity contribution is 6.33. The van der Waals surface area contributed by atoms with E-state index >= 15 is 0 Å². The normalized spacial score (nSPS) is 14.6. The van der Waals surface area contributed by atoms with Gasteiger partial charge >= 0.3 is 0 Å². The predicted molar refractivity (Wildman–Crippen MR) is 92.9 cm³/mol. The largest absolute Gasteiger partial charge is 0.497 e. The van der Waals surface area contributed by atoms with Crippen LogP contribution in [0.5, 0.6) is 5.75 Å². The maximum Gasteiger partial charge on any atom is 0.274 e. The lowest BCUT2D eigenvalue weighted by molar-refractivity contribution is 0.0740. The summed E-state index contributed by atoms with van der Waals surface area (Å²) < 4.78 is 5.27. The van der Waals surface area contributed by atoms with Crippen LogP contribution in [0.3, 0.4) is 0 Å². The number of ether oxygens (including phenoxy) is 1. The molecule has 1 fully saturated rings. The first kappa shape index (κ1) is 16.5. The zero-order valence-corrected chi connectivity index (χ0v) is 14.5. The molecule has 0 saturated carbocycles. The van der Waals surface area contributed by atoms with Gasteiger partial charge in [-0.05, 0) is 19.1 Å². The van der Waals surface area contributed by atoms with Crippen LogP contribution in [0, 0.1) is 6.92 Å². The van der Waals surface area contributed by atoms with Crippen LogP contribution < -0.4 is 9.64 Å². The summed E-state index contributed by atoms with van der Waals surface area (Å²) in [6.07, 6.45) is 1.48. The Hall–Kier alpha value is -2.34. The second kappa shape index (κ2) is 7.05. The number of hydrogen-bond acceptors (Lipinski definition) is 5. The summed E-state index contributed by atoms with van der Waals surface area (Å²) in [6, 6.07) is 7.94. The number of aryl methyl sites for hydroxylation is 1. The van der Waals surface area contributed by atoms with Crippen molar-refractivity contribution in [3.63, 3.8) is 0 Å². The first-order valence-electron chi connectivity index (χ1n) is 7.76. The summed E-state index contributed by atoms with van der Waals surface area (Å²) >= 11 is 6.07. The van der Waals surface area contributed by atoms with Crippen molar-refractivity contribution < 1.29 is 9.53 Å². The molecule has 1 aliphatic heterocycles. The fraction of sp³-hybridized carbons (Fsp3) is 0.353. The van der Waals surface area contributed by atoms with Crippen LogP contribution in [0.25, 0.3) is 0 Å². The molecule has 0 bridgehead atoms. The molecule has 2 aromatic rings. The molecule has 24 heavy (non-hydrogen) atoms. The minimum absolute atomic E-state index is 0.143. The predicted octanol–water partition coefficient (Wildman–Crippen LogP) is 2.41. The van der Waals surface area contributed by atoms with Crippen molar-refractivity contribution in [1.29, 1.82) is 0 Å². The maximum atomic E-state index is 12.6. The molecule has 6 nitrogen and oxygen atoms in total. The molecule has 126 valence electrons. The maximum absolute atomic E-state index is 12.6. The summed E-state index contributed by atoms with van der Waals surface area (Å²) in [6.45, 7) is 4.49. The zero-order chi connectivity index (χ0) is 17.1. The Kier molecular flexibility index (Phi) is 4.85. The van der Waals surface area contributed by atoms with Crippen molar-refractivity contribution in [3.05, 3.63) is 47.0 Å². The second-order valence-corrected chi connectivity index (χ2v) is 6.00. The molecule has 1 aromatic heterocycles. The minimum Gasteiger partial charge on any atom is -0.497 e. The van der Waals surface area contributed by atoms with Gasteiger partial charge in [0.05, 0.1) is 18.3 Å². The summed E-state index contributed by atoms with van der Waals surface area (Å²) in [5.41, 5.74) is 1.37. The van der Waals surface area contributed by atoms with Gasteiger partial charge in [-0.15, -0.1) is 0 Å². The molecule has 0 aliphatic carbocycles. The Morgan fingerprint density at radius 1 is 1.25 bits per heavy atom. The minimum atomic E-state index is -0.143. The van der Waals surface area contributed by atoms with Crippen molar-refractivity contribution in [2.24, 2.45) is 0 Å². The number of amides is 1. The van der Waals surface area contributed by atoms with Crippen LogP contribution in [-0.4, -0.2) is 54.1 Å². The molecule has 0 radical (unpaired) electrons. The highest BCUT2D eigenvalue weighted by Crippen LogP contribution is 2.23. The summed E-state index contributed by atoms with van der Waals surface area (Å²) in [5, 5.41) is 0.292. The van der Waals surface area contributed by atoms with Crippen LogP contribution in [0.4, 0.5) is 5.69 Å². The first-order valence-corrected chi connectivity index (χ1v) is 8.13. The van der Waals surface area contributed by atoms with Gasteiger partial charge in [-0.1, -0.05) is 17.7 Å². The van der Waals surface area contributed by atoms with Gasteiger partial charge < -0.3 is 14.5 Å². The molecule has 0 unspecified atom stereocenters. The number of benzene rings is 1. The van der Waals surface area contributed by atoms with Gasteiger partial charge in [-0.25, -0.2) is 9.97 Å². The third-order valence-corrected chi connectivity index (χ3v) is 4.33.